The number of methoxy groups -OCH3 is 1. The predicted octanol–water partition coefficient (Wildman–Crippen LogP) is 2.34. The van der Waals surface area contributed by atoms with Crippen molar-refractivity contribution in [2.24, 2.45) is 5.73 Å². The maximum atomic E-state index is 13.0. The Labute approximate surface area is 205 Å². The highest BCUT2D eigenvalue weighted by molar-refractivity contribution is 7.89. The van der Waals surface area contributed by atoms with Gasteiger partial charge in [-0.1, -0.05) is 12.5 Å². The van der Waals surface area contributed by atoms with Gasteiger partial charge in [-0.25, -0.2) is 8.42 Å². The second-order valence-corrected chi connectivity index (χ2v) is 10.4. The number of nitrogens with two attached hydrogens (primary N) is 1. The summed E-state index contributed by atoms with van der Waals surface area (Å²) in [4.78, 5) is 25.8. The zero-order chi connectivity index (χ0) is 25.0. The maximum absolute atomic E-state index is 13.0. The lowest BCUT2D eigenvalue weighted by Gasteiger charge is -2.26. The van der Waals surface area contributed by atoms with Crippen LogP contribution in [0.3, 0.4) is 0 Å². The van der Waals surface area contributed by atoms with Crippen LogP contribution in [-0.2, 0) is 26.0 Å². The fourth-order valence-electron chi connectivity index (χ4n) is 4.34. The number of benzene rings is 2. The Morgan fingerprint density at radius 2 is 1.80 bits per heavy atom. The zero-order valence-electron chi connectivity index (χ0n) is 19.6. The minimum atomic E-state index is -3.52. The third-order valence-electron chi connectivity index (χ3n) is 6.14. The number of ether oxygens (including phenoxy) is 2. The van der Waals surface area contributed by atoms with Crippen LogP contribution in [0.2, 0.25) is 0 Å². The number of nitrogens with zero attached hydrogens (tertiary/aromatic N) is 2. The number of fused-ring (bicyclic) bond motifs is 1. The Morgan fingerprint density at radius 3 is 2.51 bits per heavy atom. The summed E-state index contributed by atoms with van der Waals surface area (Å²) < 4.78 is 38.2. The average Bonchev–Trinajstić information content (AvgIpc) is 3.30. The van der Waals surface area contributed by atoms with Crippen LogP contribution in [0, 0.1) is 0 Å². The Morgan fingerprint density at radius 1 is 1.03 bits per heavy atom. The summed E-state index contributed by atoms with van der Waals surface area (Å²) in [6, 6.07) is 10.1. The van der Waals surface area contributed by atoms with E-state index >= 15 is 0 Å². The molecule has 4 rings (SSSR count). The van der Waals surface area contributed by atoms with Crippen molar-refractivity contribution < 1.29 is 27.5 Å². The molecule has 0 saturated carbocycles. The molecule has 2 aromatic carbocycles. The molecule has 2 aromatic rings. The van der Waals surface area contributed by atoms with E-state index in [-0.39, 0.29) is 17.4 Å². The highest BCUT2D eigenvalue weighted by atomic mass is 32.2. The number of anilines is 1. The number of hydrogen-bond donors (Lipinski definition) is 1. The highest BCUT2D eigenvalue weighted by Crippen LogP contribution is 2.32. The van der Waals surface area contributed by atoms with Crippen LogP contribution in [0.15, 0.2) is 47.4 Å². The molecule has 0 bridgehead atoms. The smallest absolute Gasteiger partial charge is 0.255 e. The van der Waals surface area contributed by atoms with Gasteiger partial charge in [0.1, 0.15) is 0 Å². The van der Waals surface area contributed by atoms with Gasteiger partial charge < -0.3 is 20.1 Å². The summed E-state index contributed by atoms with van der Waals surface area (Å²) in [5, 5.41) is 0. The molecule has 2 aliphatic rings. The number of piperidine rings is 1. The van der Waals surface area contributed by atoms with Crippen LogP contribution < -0.4 is 20.1 Å². The molecule has 9 nitrogen and oxygen atoms in total. The number of amides is 2. The molecule has 186 valence electrons. The molecule has 0 spiro atoms. The lowest BCUT2D eigenvalue weighted by molar-refractivity contribution is -0.120. The second kappa shape index (κ2) is 10.5. The summed E-state index contributed by atoms with van der Waals surface area (Å²) in [7, 11) is -2.04. The average molecular weight is 500 g/mol. The van der Waals surface area contributed by atoms with E-state index in [0.717, 1.165) is 30.5 Å². The SMILES string of the molecule is COc1cc(/C=C/C(=O)N2CCc3cc(S(=O)(=O)N4CCCCC4)ccc32)ccc1OCC(N)=O. The summed E-state index contributed by atoms with van der Waals surface area (Å²) in [5.74, 6) is -0.0134. The first-order valence-electron chi connectivity index (χ1n) is 11.5. The molecule has 1 saturated heterocycles. The molecular formula is C25H29N3O6S. The first-order valence-corrected chi connectivity index (χ1v) is 13.0. The third kappa shape index (κ3) is 5.49. The van der Waals surface area contributed by atoms with Crippen LogP contribution in [0.1, 0.15) is 30.4 Å². The molecule has 0 atom stereocenters. The van der Waals surface area contributed by atoms with Gasteiger partial charge in [-0.2, -0.15) is 4.31 Å². The van der Waals surface area contributed by atoms with Gasteiger partial charge in [0.05, 0.1) is 12.0 Å². The molecule has 2 aliphatic heterocycles. The van der Waals surface area contributed by atoms with E-state index in [9.17, 15) is 18.0 Å². The van der Waals surface area contributed by atoms with Crippen molar-refractivity contribution in [1.29, 1.82) is 0 Å². The molecule has 2 amide bonds. The number of carbonyl (C=O) groups is 2. The minimum absolute atomic E-state index is 0.205. The number of primary amides is 1. The Bertz CT molecular complexity index is 1250. The molecule has 1 fully saturated rings. The standard InChI is InChI=1S/C25H29N3O6S/c1-33-23-15-18(5-9-22(23)34-17-24(26)29)6-10-25(30)28-14-11-19-16-20(7-8-21(19)28)35(31,32)27-12-3-2-4-13-27/h5-10,15-16H,2-4,11-14,17H2,1H3,(H2,26,29)/b10-6+. The Hall–Kier alpha value is -3.37. The van der Waals surface area contributed by atoms with Crippen LogP contribution >= 0.6 is 0 Å². The van der Waals surface area contributed by atoms with Crippen molar-refractivity contribution >= 4 is 33.6 Å². The normalized spacial score (nSPS) is 16.3. The second-order valence-electron chi connectivity index (χ2n) is 8.49. The van der Waals surface area contributed by atoms with Crippen molar-refractivity contribution in [2.75, 3.05) is 38.3 Å². The fourth-order valence-corrected chi connectivity index (χ4v) is 5.90. The van der Waals surface area contributed by atoms with Gasteiger partial charge in [0.2, 0.25) is 10.0 Å². The largest absolute Gasteiger partial charge is 0.493 e. The van der Waals surface area contributed by atoms with Crippen molar-refractivity contribution in [3.63, 3.8) is 0 Å². The quantitative estimate of drug-likeness (QED) is 0.557. The summed E-state index contributed by atoms with van der Waals surface area (Å²) in [5.41, 5.74) is 7.40. The molecule has 0 unspecified atom stereocenters. The van der Waals surface area contributed by atoms with Crippen molar-refractivity contribution in [1.82, 2.24) is 4.31 Å². The van der Waals surface area contributed by atoms with Crippen LogP contribution in [0.4, 0.5) is 5.69 Å². The number of carbonyl (C=O) groups excluding carboxylic acids is 2. The molecule has 10 heteroatoms. The van der Waals surface area contributed by atoms with Crippen molar-refractivity contribution in [3.05, 3.63) is 53.6 Å². The maximum Gasteiger partial charge on any atom is 0.255 e. The van der Waals surface area contributed by atoms with Crippen LogP contribution in [-0.4, -0.2) is 57.9 Å². The monoisotopic (exact) mass is 499 g/mol. The Kier molecular flexibility index (Phi) is 7.42. The summed E-state index contributed by atoms with van der Waals surface area (Å²) >= 11 is 0. The molecule has 2 N–H and O–H groups in total. The first-order chi connectivity index (χ1) is 16.8. The number of sulfonamides is 1. The minimum Gasteiger partial charge on any atom is -0.493 e. The molecular weight excluding hydrogens is 470 g/mol. The van der Waals surface area contributed by atoms with Crippen LogP contribution in [0.25, 0.3) is 6.08 Å². The highest BCUT2D eigenvalue weighted by Gasteiger charge is 2.29. The Balaban J connectivity index is 1.47. The van der Waals surface area contributed by atoms with Gasteiger partial charge in [-0.05, 0) is 66.8 Å². The molecule has 0 aromatic heterocycles. The molecule has 0 radical (unpaired) electrons. The van der Waals surface area contributed by atoms with Gasteiger partial charge >= 0.3 is 0 Å². The van der Waals surface area contributed by atoms with E-state index in [1.165, 1.54) is 13.2 Å². The van der Waals surface area contributed by atoms with Gasteiger partial charge in [0, 0.05) is 31.4 Å². The number of hydrogen-bond acceptors (Lipinski definition) is 6. The molecule has 2 heterocycles. The van der Waals surface area contributed by atoms with E-state index in [1.807, 2.05) is 0 Å². The third-order valence-corrected chi connectivity index (χ3v) is 8.04. The fraction of sp³-hybridized carbons (Fsp3) is 0.360. The van der Waals surface area contributed by atoms with Gasteiger partial charge in [-0.3, -0.25) is 9.59 Å². The van der Waals surface area contributed by atoms with Crippen molar-refractivity contribution in [3.8, 4) is 11.5 Å². The van der Waals surface area contributed by atoms with Gasteiger partial charge in [0.15, 0.2) is 18.1 Å². The molecule has 0 aliphatic carbocycles. The van der Waals surface area contributed by atoms with E-state index < -0.39 is 15.9 Å². The van der Waals surface area contributed by atoms with Gasteiger partial charge in [-0.15, -0.1) is 0 Å². The first kappa shape index (κ1) is 24.7. The predicted molar refractivity (Wildman–Crippen MR) is 132 cm³/mol. The van der Waals surface area contributed by atoms with Gasteiger partial charge in [0.25, 0.3) is 11.8 Å². The van der Waals surface area contributed by atoms with E-state index in [1.54, 1.807) is 51.7 Å². The summed E-state index contributed by atoms with van der Waals surface area (Å²) in [6.07, 6.45) is 6.54. The topological polar surface area (TPSA) is 119 Å². The van der Waals surface area contributed by atoms with Crippen LogP contribution in [0.5, 0.6) is 11.5 Å². The lowest BCUT2D eigenvalue weighted by Crippen LogP contribution is -2.35. The lowest BCUT2D eigenvalue weighted by atomic mass is 10.1. The van der Waals surface area contributed by atoms with E-state index in [4.69, 9.17) is 15.2 Å². The molecule has 35 heavy (non-hydrogen) atoms. The zero-order valence-corrected chi connectivity index (χ0v) is 20.4. The number of rotatable bonds is 8. The summed E-state index contributed by atoms with van der Waals surface area (Å²) in [6.45, 7) is 1.32. The van der Waals surface area contributed by atoms with Crippen molar-refractivity contribution in [2.45, 2.75) is 30.6 Å². The van der Waals surface area contributed by atoms with E-state index in [0.29, 0.717) is 43.1 Å². The van der Waals surface area contributed by atoms with E-state index in [2.05, 4.69) is 0 Å².